The molecule has 0 bridgehead atoms. The van der Waals surface area contributed by atoms with Crippen molar-refractivity contribution in [2.75, 3.05) is 26.2 Å². The topological polar surface area (TPSA) is 108 Å². The van der Waals surface area contributed by atoms with Gasteiger partial charge in [-0.15, -0.1) is 0 Å². The number of nitrogens with zero attached hydrogens (tertiary/aromatic N) is 2. The molecule has 9 heteroatoms. The molecule has 8 nitrogen and oxygen atoms in total. The molecule has 27 heavy (non-hydrogen) atoms. The minimum atomic E-state index is -4.01. The molecule has 0 spiro atoms. The van der Waals surface area contributed by atoms with E-state index in [4.69, 9.17) is 4.42 Å². The third kappa shape index (κ3) is 3.38. The summed E-state index contributed by atoms with van der Waals surface area (Å²) in [6.45, 7) is 5.79. The number of hydrogen-bond acceptors (Lipinski definition) is 5. The van der Waals surface area contributed by atoms with Crippen molar-refractivity contribution < 1.29 is 27.5 Å². The number of carboxylic acid groups (broad SMARTS) is 1. The van der Waals surface area contributed by atoms with Crippen molar-refractivity contribution >= 4 is 21.9 Å². The monoisotopic (exact) mass is 398 g/mol. The summed E-state index contributed by atoms with van der Waals surface area (Å²) in [4.78, 5) is 25.8. The zero-order valence-corrected chi connectivity index (χ0v) is 16.8. The van der Waals surface area contributed by atoms with Gasteiger partial charge in [0.1, 0.15) is 22.0 Å². The van der Waals surface area contributed by atoms with E-state index in [0.29, 0.717) is 13.1 Å². The first-order valence-electron chi connectivity index (χ1n) is 9.21. The zero-order valence-electron chi connectivity index (χ0n) is 15.9. The molecule has 0 unspecified atom stereocenters. The van der Waals surface area contributed by atoms with Crippen molar-refractivity contribution in [3.8, 4) is 0 Å². The van der Waals surface area contributed by atoms with Gasteiger partial charge in [0.2, 0.25) is 15.9 Å². The summed E-state index contributed by atoms with van der Waals surface area (Å²) in [5.74, 6) is -1.09. The maximum atomic E-state index is 13.0. The van der Waals surface area contributed by atoms with E-state index in [-0.39, 0.29) is 46.4 Å². The Hall–Kier alpha value is -1.87. The number of hydrogen-bond donors (Lipinski definition) is 1. The van der Waals surface area contributed by atoms with Gasteiger partial charge in [0.25, 0.3) is 0 Å². The van der Waals surface area contributed by atoms with Crippen molar-refractivity contribution in [1.82, 2.24) is 9.21 Å². The molecule has 0 aromatic carbocycles. The molecular formula is C18H26N2O6S. The SMILES string of the molecule is Cc1oc(C)c(S(=O)(=O)N2CCN(C(=O)C3(C)CCCC3)CC2)c1C(=O)O. The maximum Gasteiger partial charge on any atom is 0.340 e. The third-order valence-electron chi connectivity index (χ3n) is 5.77. The van der Waals surface area contributed by atoms with Crippen LogP contribution in [0, 0.1) is 19.3 Å². The fourth-order valence-corrected chi connectivity index (χ4v) is 6.03. The summed E-state index contributed by atoms with van der Waals surface area (Å²) < 4.78 is 32.6. The van der Waals surface area contributed by atoms with Crippen LogP contribution in [-0.2, 0) is 14.8 Å². The van der Waals surface area contributed by atoms with E-state index in [1.165, 1.54) is 18.2 Å². The van der Waals surface area contributed by atoms with E-state index in [1.807, 2.05) is 6.92 Å². The first-order valence-corrected chi connectivity index (χ1v) is 10.6. The highest BCUT2D eigenvalue weighted by Crippen LogP contribution is 2.39. The Labute approximate surface area is 159 Å². The molecule has 3 rings (SSSR count). The molecule has 1 aliphatic heterocycles. The number of aryl methyl sites for hydroxylation is 2. The van der Waals surface area contributed by atoms with Gasteiger partial charge in [0, 0.05) is 31.6 Å². The second-order valence-corrected chi connectivity index (χ2v) is 9.56. The van der Waals surface area contributed by atoms with Crippen LogP contribution in [-0.4, -0.2) is 60.8 Å². The van der Waals surface area contributed by atoms with Gasteiger partial charge in [-0.2, -0.15) is 4.31 Å². The maximum absolute atomic E-state index is 13.0. The second-order valence-electron chi connectivity index (χ2n) is 7.69. The smallest absolute Gasteiger partial charge is 0.340 e. The molecular weight excluding hydrogens is 372 g/mol. The lowest BCUT2D eigenvalue weighted by Gasteiger charge is -2.38. The van der Waals surface area contributed by atoms with Crippen molar-refractivity contribution in [3.05, 3.63) is 17.1 Å². The van der Waals surface area contributed by atoms with Crippen LogP contribution in [0.2, 0.25) is 0 Å². The molecule has 1 N–H and O–H groups in total. The summed E-state index contributed by atoms with van der Waals surface area (Å²) in [6.07, 6.45) is 3.85. The highest BCUT2D eigenvalue weighted by molar-refractivity contribution is 7.89. The predicted octanol–water partition coefficient (Wildman–Crippen LogP) is 2.01. The molecule has 1 saturated heterocycles. The fourth-order valence-electron chi connectivity index (χ4n) is 4.23. The molecule has 0 radical (unpaired) electrons. The first kappa shape index (κ1) is 19.9. The molecule has 2 aliphatic rings. The molecule has 2 heterocycles. The van der Waals surface area contributed by atoms with Crippen LogP contribution in [0.15, 0.2) is 9.31 Å². The van der Waals surface area contributed by atoms with Gasteiger partial charge >= 0.3 is 5.97 Å². The number of aromatic carboxylic acids is 1. The average molecular weight is 398 g/mol. The van der Waals surface area contributed by atoms with Crippen LogP contribution in [0.1, 0.15) is 54.5 Å². The molecule has 1 aliphatic carbocycles. The fraction of sp³-hybridized carbons (Fsp3) is 0.667. The van der Waals surface area contributed by atoms with Gasteiger partial charge in [-0.3, -0.25) is 4.79 Å². The summed E-state index contributed by atoms with van der Waals surface area (Å²) >= 11 is 0. The number of sulfonamides is 1. The summed E-state index contributed by atoms with van der Waals surface area (Å²) in [5, 5.41) is 9.39. The van der Waals surface area contributed by atoms with Gasteiger partial charge in [-0.25, -0.2) is 13.2 Å². The third-order valence-corrected chi connectivity index (χ3v) is 7.82. The Morgan fingerprint density at radius 1 is 1.04 bits per heavy atom. The largest absolute Gasteiger partial charge is 0.478 e. The molecule has 0 atom stereocenters. The van der Waals surface area contributed by atoms with Crippen LogP contribution < -0.4 is 0 Å². The summed E-state index contributed by atoms with van der Waals surface area (Å²) in [5.41, 5.74) is -0.653. The van der Waals surface area contributed by atoms with Crippen LogP contribution in [0.5, 0.6) is 0 Å². The number of piperazine rings is 1. The summed E-state index contributed by atoms with van der Waals surface area (Å²) in [6, 6.07) is 0. The Morgan fingerprint density at radius 3 is 2.11 bits per heavy atom. The van der Waals surface area contributed by atoms with Gasteiger partial charge in [0.15, 0.2) is 0 Å². The molecule has 2 fully saturated rings. The molecule has 150 valence electrons. The average Bonchev–Trinajstić information content (AvgIpc) is 3.18. The minimum absolute atomic E-state index is 0.0709. The molecule has 1 aromatic heterocycles. The zero-order chi connectivity index (χ0) is 20.0. The minimum Gasteiger partial charge on any atom is -0.478 e. The lowest BCUT2D eigenvalue weighted by Crippen LogP contribution is -2.53. The lowest BCUT2D eigenvalue weighted by molar-refractivity contribution is -0.142. The molecule has 1 saturated carbocycles. The van der Waals surface area contributed by atoms with E-state index < -0.39 is 16.0 Å². The normalized spacial score (nSPS) is 20.8. The quantitative estimate of drug-likeness (QED) is 0.831. The van der Waals surface area contributed by atoms with Crippen LogP contribution in [0.3, 0.4) is 0 Å². The highest BCUT2D eigenvalue weighted by Gasteiger charge is 2.42. The lowest BCUT2D eigenvalue weighted by atomic mass is 9.87. The number of carboxylic acids is 1. The number of furan rings is 1. The van der Waals surface area contributed by atoms with Crippen LogP contribution in [0.25, 0.3) is 0 Å². The van der Waals surface area contributed by atoms with Gasteiger partial charge in [-0.05, 0) is 26.7 Å². The number of carbonyl (C=O) groups is 2. The number of amides is 1. The van der Waals surface area contributed by atoms with Crippen molar-refractivity contribution in [2.24, 2.45) is 5.41 Å². The van der Waals surface area contributed by atoms with E-state index in [0.717, 1.165) is 25.7 Å². The van der Waals surface area contributed by atoms with Crippen molar-refractivity contribution in [1.29, 1.82) is 0 Å². The Morgan fingerprint density at radius 2 is 1.59 bits per heavy atom. The van der Waals surface area contributed by atoms with Gasteiger partial charge in [0.05, 0.1) is 0 Å². The van der Waals surface area contributed by atoms with E-state index in [9.17, 15) is 23.1 Å². The first-order chi connectivity index (χ1) is 12.6. The highest BCUT2D eigenvalue weighted by atomic mass is 32.2. The van der Waals surface area contributed by atoms with E-state index in [2.05, 4.69) is 0 Å². The Bertz CT molecular complexity index is 859. The predicted molar refractivity (Wildman–Crippen MR) is 97.1 cm³/mol. The second kappa shape index (κ2) is 6.94. The Balaban J connectivity index is 1.78. The standard InChI is InChI=1S/C18H26N2O6S/c1-12-14(16(21)22)15(13(2)26-12)27(24,25)20-10-8-19(9-11-20)17(23)18(3)6-4-5-7-18/h4-11H2,1-3H3,(H,21,22). The molecule has 1 aromatic rings. The summed E-state index contributed by atoms with van der Waals surface area (Å²) in [7, 11) is -4.01. The van der Waals surface area contributed by atoms with Crippen molar-refractivity contribution in [3.63, 3.8) is 0 Å². The van der Waals surface area contributed by atoms with Gasteiger partial charge in [-0.1, -0.05) is 19.8 Å². The number of rotatable bonds is 4. The number of carbonyl (C=O) groups excluding carboxylic acids is 1. The van der Waals surface area contributed by atoms with Crippen LogP contribution >= 0.6 is 0 Å². The molecule has 1 amide bonds. The van der Waals surface area contributed by atoms with E-state index >= 15 is 0 Å². The Kier molecular flexibility index (Phi) is 5.11. The van der Waals surface area contributed by atoms with Crippen molar-refractivity contribution in [2.45, 2.75) is 51.3 Å². The van der Waals surface area contributed by atoms with E-state index in [1.54, 1.807) is 4.90 Å². The van der Waals surface area contributed by atoms with Crippen LogP contribution in [0.4, 0.5) is 0 Å². The van der Waals surface area contributed by atoms with Gasteiger partial charge < -0.3 is 14.4 Å².